The van der Waals surface area contributed by atoms with Crippen molar-refractivity contribution in [1.29, 1.82) is 0 Å². The lowest BCUT2D eigenvalue weighted by Gasteiger charge is -2.42. The molecule has 29 heavy (non-hydrogen) atoms. The van der Waals surface area contributed by atoms with E-state index in [0.717, 1.165) is 11.1 Å². The van der Waals surface area contributed by atoms with Gasteiger partial charge in [0.05, 0.1) is 16.7 Å². The zero-order valence-corrected chi connectivity index (χ0v) is 17.3. The van der Waals surface area contributed by atoms with Crippen molar-refractivity contribution in [2.45, 2.75) is 13.0 Å². The van der Waals surface area contributed by atoms with Crippen molar-refractivity contribution in [3.05, 3.63) is 113 Å². The molecule has 0 bridgehead atoms. The summed E-state index contributed by atoms with van der Waals surface area (Å²) in [6, 6.07) is 30.4. The molecule has 1 saturated heterocycles. The Balaban J connectivity index is 1.71. The number of hydrogen-bond acceptors (Lipinski definition) is 3. The summed E-state index contributed by atoms with van der Waals surface area (Å²) in [4.78, 5) is 2.85. The second-order valence-electron chi connectivity index (χ2n) is 7.33. The average molecular weight is 404 g/mol. The first-order chi connectivity index (χ1) is 14.1. The van der Waals surface area contributed by atoms with Gasteiger partial charge in [0.1, 0.15) is 0 Å². The highest BCUT2D eigenvalue weighted by atomic mass is 32.2. The van der Waals surface area contributed by atoms with Gasteiger partial charge < -0.3 is 0 Å². The van der Waals surface area contributed by atoms with Crippen molar-refractivity contribution in [2.75, 3.05) is 18.8 Å². The van der Waals surface area contributed by atoms with Crippen LogP contribution in [0.2, 0.25) is 0 Å². The summed E-state index contributed by atoms with van der Waals surface area (Å²) in [6.45, 7) is 3.02. The standard InChI is InChI=1S/C25H25NO2S/c1-2-29(27,28)25(22-16-10-5-11-17-22)23-18-26(19-23)24(20-12-6-3-7-13-20)21-14-8-4-9-15-21/h3-17,24H,2,18-19H2,1H3. The molecular weight excluding hydrogens is 378 g/mol. The molecule has 1 aliphatic heterocycles. The lowest BCUT2D eigenvalue weighted by atomic mass is 9.92. The molecule has 0 aromatic heterocycles. The van der Waals surface area contributed by atoms with Gasteiger partial charge in [-0.05, 0) is 22.3 Å². The van der Waals surface area contributed by atoms with Gasteiger partial charge in [0.25, 0.3) is 0 Å². The zero-order chi connectivity index (χ0) is 20.3. The third-order valence-electron chi connectivity index (χ3n) is 5.43. The normalized spacial score (nSPS) is 14.6. The SMILES string of the molecule is CCS(=O)(=O)C(=C1CN(C(c2ccccc2)c2ccccc2)C1)c1ccccc1. The fourth-order valence-corrected chi connectivity index (χ4v) is 5.35. The molecule has 1 fully saturated rings. The minimum atomic E-state index is -3.30. The average Bonchev–Trinajstić information content (AvgIpc) is 2.74. The quantitative estimate of drug-likeness (QED) is 0.585. The zero-order valence-electron chi connectivity index (χ0n) is 16.5. The van der Waals surface area contributed by atoms with Crippen molar-refractivity contribution >= 4 is 14.7 Å². The van der Waals surface area contributed by atoms with Crippen LogP contribution in [0.5, 0.6) is 0 Å². The highest BCUT2D eigenvalue weighted by molar-refractivity contribution is 8.00. The summed E-state index contributed by atoms with van der Waals surface area (Å²) in [7, 11) is -3.30. The van der Waals surface area contributed by atoms with Gasteiger partial charge in [0.15, 0.2) is 9.84 Å². The van der Waals surface area contributed by atoms with Crippen molar-refractivity contribution in [3.8, 4) is 0 Å². The fourth-order valence-electron chi connectivity index (χ4n) is 3.99. The van der Waals surface area contributed by atoms with Crippen molar-refractivity contribution in [3.63, 3.8) is 0 Å². The number of nitrogens with zero attached hydrogens (tertiary/aromatic N) is 1. The van der Waals surface area contributed by atoms with Crippen LogP contribution in [-0.2, 0) is 9.84 Å². The van der Waals surface area contributed by atoms with E-state index in [1.54, 1.807) is 6.92 Å². The molecule has 0 N–H and O–H groups in total. The molecule has 0 radical (unpaired) electrons. The third-order valence-corrected chi connectivity index (χ3v) is 7.34. The first-order valence-corrected chi connectivity index (χ1v) is 11.6. The van der Waals surface area contributed by atoms with E-state index in [-0.39, 0.29) is 11.8 Å². The Bertz CT molecular complexity index is 1040. The summed E-state index contributed by atoms with van der Waals surface area (Å²) < 4.78 is 25.7. The molecule has 0 spiro atoms. The van der Waals surface area contributed by atoms with E-state index in [0.29, 0.717) is 18.0 Å². The molecule has 1 aliphatic rings. The van der Waals surface area contributed by atoms with Crippen LogP contribution in [0.3, 0.4) is 0 Å². The Morgan fingerprint density at radius 3 is 1.69 bits per heavy atom. The van der Waals surface area contributed by atoms with E-state index in [4.69, 9.17) is 0 Å². The monoisotopic (exact) mass is 403 g/mol. The van der Waals surface area contributed by atoms with Gasteiger partial charge in [0.2, 0.25) is 0 Å². The lowest BCUT2D eigenvalue weighted by molar-refractivity contribution is 0.203. The van der Waals surface area contributed by atoms with E-state index >= 15 is 0 Å². The summed E-state index contributed by atoms with van der Waals surface area (Å²) in [5.74, 6) is 0.113. The van der Waals surface area contributed by atoms with E-state index in [1.807, 2.05) is 42.5 Å². The number of benzene rings is 3. The van der Waals surface area contributed by atoms with Crippen LogP contribution in [0.1, 0.15) is 29.7 Å². The van der Waals surface area contributed by atoms with Gasteiger partial charge >= 0.3 is 0 Å². The van der Waals surface area contributed by atoms with Crippen LogP contribution in [0, 0.1) is 0 Å². The summed E-state index contributed by atoms with van der Waals surface area (Å²) in [6.07, 6.45) is 0. The van der Waals surface area contributed by atoms with Gasteiger partial charge in [-0.3, -0.25) is 4.90 Å². The first kappa shape index (κ1) is 19.6. The van der Waals surface area contributed by atoms with Crippen molar-refractivity contribution in [2.24, 2.45) is 0 Å². The highest BCUT2D eigenvalue weighted by Gasteiger charge is 2.35. The first-order valence-electron chi connectivity index (χ1n) is 9.94. The van der Waals surface area contributed by atoms with E-state index < -0.39 is 9.84 Å². The Morgan fingerprint density at radius 2 is 1.24 bits per heavy atom. The minimum absolute atomic E-state index is 0.113. The second kappa shape index (κ2) is 8.36. The van der Waals surface area contributed by atoms with E-state index in [9.17, 15) is 8.42 Å². The van der Waals surface area contributed by atoms with Crippen molar-refractivity contribution in [1.82, 2.24) is 4.90 Å². The summed E-state index contributed by atoms with van der Waals surface area (Å²) in [5, 5.41) is 0. The van der Waals surface area contributed by atoms with Gasteiger partial charge in [-0.25, -0.2) is 8.42 Å². The maximum Gasteiger partial charge on any atom is 0.178 e. The predicted octanol–water partition coefficient (Wildman–Crippen LogP) is 4.94. The van der Waals surface area contributed by atoms with Crippen LogP contribution < -0.4 is 0 Å². The molecule has 4 heteroatoms. The molecule has 3 nitrogen and oxygen atoms in total. The Labute approximate surface area is 173 Å². The minimum Gasteiger partial charge on any atom is -0.284 e. The van der Waals surface area contributed by atoms with Crippen LogP contribution in [-0.4, -0.2) is 32.2 Å². The van der Waals surface area contributed by atoms with Crippen molar-refractivity contribution < 1.29 is 8.42 Å². The molecule has 0 unspecified atom stereocenters. The Morgan fingerprint density at radius 1 is 0.793 bits per heavy atom. The fraction of sp³-hybridized carbons (Fsp3) is 0.200. The molecule has 4 rings (SSSR count). The molecule has 148 valence electrons. The molecule has 0 amide bonds. The number of hydrogen-bond donors (Lipinski definition) is 0. The molecule has 3 aromatic rings. The second-order valence-corrected chi connectivity index (χ2v) is 9.55. The van der Waals surface area contributed by atoms with Gasteiger partial charge in [-0.15, -0.1) is 0 Å². The largest absolute Gasteiger partial charge is 0.284 e. The van der Waals surface area contributed by atoms with E-state index in [2.05, 4.69) is 53.4 Å². The molecular formula is C25H25NO2S. The Kier molecular flexibility index (Phi) is 5.65. The van der Waals surface area contributed by atoms with Gasteiger partial charge in [-0.1, -0.05) is 97.9 Å². The third kappa shape index (κ3) is 4.04. The van der Waals surface area contributed by atoms with E-state index in [1.165, 1.54) is 11.1 Å². The van der Waals surface area contributed by atoms with Gasteiger partial charge in [-0.2, -0.15) is 0 Å². The number of sulfone groups is 1. The molecule has 0 saturated carbocycles. The molecule has 3 aromatic carbocycles. The highest BCUT2D eigenvalue weighted by Crippen LogP contribution is 2.38. The maximum absolute atomic E-state index is 12.9. The van der Waals surface area contributed by atoms with Crippen LogP contribution in [0.15, 0.2) is 96.6 Å². The smallest absolute Gasteiger partial charge is 0.178 e. The summed E-state index contributed by atoms with van der Waals surface area (Å²) >= 11 is 0. The van der Waals surface area contributed by atoms with Crippen LogP contribution in [0.4, 0.5) is 0 Å². The van der Waals surface area contributed by atoms with Crippen LogP contribution >= 0.6 is 0 Å². The maximum atomic E-state index is 12.9. The number of rotatable bonds is 6. The number of likely N-dealkylation sites (tertiary alicyclic amines) is 1. The predicted molar refractivity (Wildman–Crippen MR) is 119 cm³/mol. The summed E-state index contributed by atoms with van der Waals surface area (Å²) in [5.41, 5.74) is 4.23. The molecule has 1 heterocycles. The topological polar surface area (TPSA) is 37.4 Å². The molecule has 0 atom stereocenters. The van der Waals surface area contributed by atoms with Gasteiger partial charge in [0, 0.05) is 13.1 Å². The van der Waals surface area contributed by atoms with Crippen LogP contribution in [0.25, 0.3) is 4.91 Å². The molecule has 0 aliphatic carbocycles. The Hall–Kier alpha value is -2.69. The lowest BCUT2D eigenvalue weighted by Crippen LogP contribution is -2.44.